The van der Waals surface area contributed by atoms with Crippen LogP contribution in [0.15, 0.2) is 42.6 Å². The van der Waals surface area contributed by atoms with Crippen LogP contribution in [0.4, 0.5) is 0 Å². The zero-order chi connectivity index (χ0) is 12.3. The van der Waals surface area contributed by atoms with Gasteiger partial charge in [-0.25, -0.2) is 0 Å². The fraction of sp³-hybridized carbons (Fsp3) is 0.214. The van der Waals surface area contributed by atoms with Crippen molar-refractivity contribution in [3.8, 4) is 0 Å². The largest absolute Gasteiger partial charge is 0.388 e. The van der Waals surface area contributed by atoms with E-state index in [4.69, 9.17) is 11.6 Å². The molecule has 3 heteroatoms. The van der Waals surface area contributed by atoms with Crippen LogP contribution in [0.2, 0.25) is 5.02 Å². The highest BCUT2D eigenvalue weighted by Gasteiger charge is 2.12. The number of nitrogens with zero attached hydrogens (tertiary/aromatic N) is 1. The molecule has 2 nitrogen and oxygen atoms in total. The lowest BCUT2D eigenvalue weighted by atomic mass is 10.0. The standard InChI is InChI=1S/C14H14ClNO/c1-10-12(6-4-8-16-10)14(17)9-11-5-2-3-7-13(11)15/h2-8,14,17H,9H2,1H3. The van der Waals surface area contributed by atoms with Gasteiger partial charge >= 0.3 is 0 Å². The minimum Gasteiger partial charge on any atom is -0.388 e. The fourth-order valence-electron chi connectivity index (χ4n) is 1.83. The Balaban J connectivity index is 2.20. The van der Waals surface area contributed by atoms with Crippen LogP contribution in [0.3, 0.4) is 0 Å². The Morgan fingerprint density at radius 2 is 2.00 bits per heavy atom. The van der Waals surface area contributed by atoms with Crippen molar-refractivity contribution in [2.45, 2.75) is 19.4 Å². The minimum atomic E-state index is -0.566. The summed E-state index contributed by atoms with van der Waals surface area (Å²) in [5.74, 6) is 0. The van der Waals surface area contributed by atoms with Gasteiger partial charge in [-0.05, 0) is 24.6 Å². The van der Waals surface area contributed by atoms with E-state index in [1.165, 1.54) is 0 Å². The number of halogens is 1. The van der Waals surface area contributed by atoms with Gasteiger partial charge in [-0.2, -0.15) is 0 Å². The SMILES string of the molecule is Cc1ncccc1C(O)Cc1ccccc1Cl. The lowest BCUT2D eigenvalue weighted by molar-refractivity contribution is 0.177. The molecule has 88 valence electrons. The van der Waals surface area contributed by atoms with E-state index in [9.17, 15) is 5.11 Å². The molecule has 17 heavy (non-hydrogen) atoms. The van der Waals surface area contributed by atoms with Crippen molar-refractivity contribution in [3.63, 3.8) is 0 Å². The van der Waals surface area contributed by atoms with Crippen molar-refractivity contribution in [3.05, 3.63) is 64.4 Å². The van der Waals surface area contributed by atoms with Crippen molar-refractivity contribution in [2.75, 3.05) is 0 Å². The molecule has 0 radical (unpaired) electrons. The first-order valence-corrected chi connectivity index (χ1v) is 5.89. The maximum absolute atomic E-state index is 10.2. The van der Waals surface area contributed by atoms with Crippen LogP contribution in [0, 0.1) is 6.92 Å². The molecule has 0 bridgehead atoms. The monoisotopic (exact) mass is 247 g/mol. The van der Waals surface area contributed by atoms with Crippen molar-refractivity contribution < 1.29 is 5.11 Å². The van der Waals surface area contributed by atoms with Gasteiger partial charge in [0.15, 0.2) is 0 Å². The van der Waals surface area contributed by atoms with E-state index in [0.717, 1.165) is 16.8 Å². The number of aryl methyl sites for hydroxylation is 1. The Kier molecular flexibility index (Phi) is 3.77. The highest BCUT2D eigenvalue weighted by atomic mass is 35.5. The zero-order valence-electron chi connectivity index (χ0n) is 9.60. The van der Waals surface area contributed by atoms with Gasteiger partial charge in [0.2, 0.25) is 0 Å². The molecular weight excluding hydrogens is 234 g/mol. The van der Waals surface area contributed by atoms with Gasteiger partial charge in [-0.3, -0.25) is 4.98 Å². The van der Waals surface area contributed by atoms with Gasteiger partial charge in [0.25, 0.3) is 0 Å². The van der Waals surface area contributed by atoms with Crippen molar-refractivity contribution in [1.29, 1.82) is 0 Å². The second-order valence-electron chi connectivity index (χ2n) is 3.99. The van der Waals surface area contributed by atoms with Crippen LogP contribution < -0.4 is 0 Å². The quantitative estimate of drug-likeness (QED) is 0.903. The van der Waals surface area contributed by atoms with Crippen LogP contribution in [-0.2, 0) is 6.42 Å². The summed E-state index contributed by atoms with van der Waals surface area (Å²) < 4.78 is 0. The summed E-state index contributed by atoms with van der Waals surface area (Å²) in [5.41, 5.74) is 2.66. The minimum absolute atomic E-state index is 0.506. The third-order valence-corrected chi connectivity index (χ3v) is 3.15. The Bertz CT molecular complexity index is 513. The molecule has 1 atom stereocenters. The Morgan fingerprint density at radius 1 is 1.24 bits per heavy atom. The molecule has 1 heterocycles. The van der Waals surface area contributed by atoms with Gasteiger partial charge in [-0.1, -0.05) is 35.9 Å². The second kappa shape index (κ2) is 5.30. The summed E-state index contributed by atoms with van der Waals surface area (Å²) in [6, 6.07) is 11.3. The van der Waals surface area contributed by atoms with E-state index in [0.29, 0.717) is 11.4 Å². The first-order valence-electron chi connectivity index (χ1n) is 5.51. The van der Waals surface area contributed by atoms with E-state index < -0.39 is 6.10 Å². The van der Waals surface area contributed by atoms with Crippen molar-refractivity contribution in [2.24, 2.45) is 0 Å². The average molecular weight is 248 g/mol. The second-order valence-corrected chi connectivity index (χ2v) is 4.40. The van der Waals surface area contributed by atoms with Gasteiger partial charge in [-0.15, -0.1) is 0 Å². The highest BCUT2D eigenvalue weighted by Crippen LogP contribution is 2.24. The van der Waals surface area contributed by atoms with Crippen LogP contribution in [0.5, 0.6) is 0 Å². The molecule has 2 aromatic rings. The summed E-state index contributed by atoms with van der Waals surface area (Å²) in [6.07, 6.45) is 1.66. The molecule has 2 rings (SSSR count). The Labute approximate surface area is 106 Å². The normalized spacial score (nSPS) is 12.4. The Morgan fingerprint density at radius 3 is 2.71 bits per heavy atom. The molecule has 0 spiro atoms. The van der Waals surface area contributed by atoms with E-state index in [1.54, 1.807) is 6.20 Å². The number of rotatable bonds is 3. The van der Waals surface area contributed by atoms with Crippen LogP contribution in [-0.4, -0.2) is 10.1 Å². The molecule has 0 fully saturated rings. The molecule has 0 aliphatic heterocycles. The van der Waals surface area contributed by atoms with Gasteiger partial charge in [0.05, 0.1) is 6.10 Å². The highest BCUT2D eigenvalue weighted by molar-refractivity contribution is 6.31. The number of aliphatic hydroxyl groups is 1. The summed E-state index contributed by atoms with van der Waals surface area (Å²) in [4.78, 5) is 4.17. The Hall–Kier alpha value is -1.38. The lowest BCUT2D eigenvalue weighted by Crippen LogP contribution is -2.05. The number of aliphatic hydroxyl groups excluding tert-OH is 1. The topological polar surface area (TPSA) is 33.1 Å². The van der Waals surface area contributed by atoms with Crippen molar-refractivity contribution in [1.82, 2.24) is 4.98 Å². The third-order valence-electron chi connectivity index (χ3n) is 2.78. The van der Waals surface area contributed by atoms with Gasteiger partial charge in [0.1, 0.15) is 0 Å². The maximum atomic E-state index is 10.2. The number of hydrogen-bond donors (Lipinski definition) is 1. The number of aromatic nitrogens is 1. The zero-order valence-corrected chi connectivity index (χ0v) is 10.4. The lowest BCUT2D eigenvalue weighted by Gasteiger charge is -2.13. The van der Waals surface area contributed by atoms with E-state index in [2.05, 4.69) is 4.98 Å². The summed E-state index contributed by atoms with van der Waals surface area (Å²) in [5, 5.41) is 10.9. The molecule has 1 unspecified atom stereocenters. The maximum Gasteiger partial charge on any atom is 0.0848 e. The predicted octanol–water partition coefficient (Wildman–Crippen LogP) is 3.32. The first-order chi connectivity index (χ1) is 8.18. The average Bonchev–Trinajstić information content (AvgIpc) is 2.32. The smallest absolute Gasteiger partial charge is 0.0848 e. The van der Waals surface area contributed by atoms with Gasteiger partial charge in [0, 0.05) is 28.9 Å². The summed E-state index contributed by atoms with van der Waals surface area (Å²) in [6.45, 7) is 1.89. The van der Waals surface area contributed by atoms with Crippen LogP contribution in [0.25, 0.3) is 0 Å². The molecule has 0 amide bonds. The number of hydrogen-bond acceptors (Lipinski definition) is 2. The van der Waals surface area contributed by atoms with Crippen LogP contribution in [0.1, 0.15) is 22.9 Å². The predicted molar refractivity (Wildman–Crippen MR) is 69.1 cm³/mol. The number of benzene rings is 1. The van der Waals surface area contributed by atoms with E-state index in [1.807, 2.05) is 43.3 Å². The molecule has 1 N–H and O–H groups in total. The van der Waals surface area contributed by atoms with Crippen molar-refractivity contribution >= 4 is 11.6 Å². The molecule has 1 aromatic carbocycles. The molecule has 0 aliphatic carbocycles. The summed E-state index contributed by atoms with van der Waals surface area (Å²) in [7, 11) is 0. The molecule has 0 aliphatic rings. The fourth-order valence-corrected chi connectivity index (χ4v) is 2.04. The van der Waals surface area contributed by atoms with E-state index >= 15 is 0 Å². The summed E-state index contributed by atoms with van der Waals surface area (Å²) >= 11 is 6.07. The first kappa shape index (κ1) is 12.1. The molecular formula is C14H14ClNO. The van der Waals surface area contributed by atoms with Gasteiger partial charge < -0.3 is 5.11 Å². The number of pyridine rings is 1. The van der Waals surface area contributed by atoms with Crippen LogP contribution >= 0.6 is 11.6 Å². The third kappa shape index (κ3) is 2.84. The van der Waals surface area contributed by atoms with E-state index in [-0.39, 0.29) is 0 Å². The molecule has 1 aromatic heterocycles. The molecule has 0 saturated heterocycles. The molecule has 0 saturated carbocycles.